The van der Waals surface area contributed by atoms with Gasteiger partial charge in [0, 0.05) is 13.1 Å². The van der Waals surface area contributed by atoms with Gasteiger partial charge in [-0.05, 0) is 62.4 Å². The Kier molecular flexibility index (Phi) is 6.34. The topological polar surface area (TPSA) is 38.5 Å². The van der Waals surface area contributed by atoms with Crippen LogP contribution >= 0.6 is 0 Å². The molecule has 0 spiro atoms. The predicted octanol–water partition coefficient (Wildman–Crippen LogP) is 3.04. The molecule has 3 nitrogen and oxygen atoms in total. The fourth-order valence-electron chi connectivity index (χ4n) is 2.94. The SMILES string of the molecule is CCCOc1ccc(CN2CCCC(CCN)C2)cc1. The molecule has 1 fully saturated rings. The first-order valence-electron chi connectivity index (χ1n) is 7.96. The molecular weight excluding hydrogens is 248 g/mol. The maximum Gasteiger partial charge on any atom is 0.119 e. The molecular formula is C17H28N2O. The van der Waals surface area contributed by atoms with Crippen LogP contribution in [0, 0.1) is 5.92 Å². The summed E-state index contributed by atoms with van der Waals surface area (Å²) in [7, 11) is 0. The van der Waals surface area contributed by atoms with Gasteiger partial charge in [0.05, 0.1) is 6.61 Å². The summed E-state index contributed by atoms with van der Waals surface area (Å²) >= 11 is 0. The largest absolute Gasteiger partial charge is 0.494 e. The molecule has 3 heteroatoms. The van der Waals surface area contributed by atoms with Gasteiger partial charge in [0.1, 0.15) is 5.75 Å². The van der Waals surface area contributed by atoms with Crippen molar-refractivity contribution < 1.29 is 4.74 Å². The quantitative estimate of drug-likeness (QED) is 0.832. The Morgan fingerprint density at radius 3 is 2.80 bits per heavy atom. The van der Waals surface area contributed by atoms with Crippen molar-refractivity contribution in [3.05, 3.63) is 29.8 Å². The van der Waals surface area contributed by atoms with E-state index in [9.17, 15) is 0 Å². The summed E-state index contributed by atoms with van der Waals surface area (Å²) in [6.45, 7) is 7.21. The molecule has 1 atom stereocenters. The number of hydrogen-bond acceptors (Lipinski definition) is 3. The normalized spacial score (nSPS) is 20.0. The van der Waals surface area contributed by atoms with Gasteiger partial charge in [-0.3, -0.25) is 4.90 Å². The number of nitrogens with two attached hydrogens (primary N) is 1. The average molecular weight is 276 g/mol. The molecule has 0 amide bonds. The lowest BCUT2D eigenvalue weighted by atomic mass is 9.94. The number of likely N-dealkylation sites (tertiary alicyclic amines) is 1. The van der Waals surface area contributed by atoms with Gasteiger partial charge < -0.3 is 10.5 Å². The first-order chi connectivity index (χ1) is 9.81. The standard InChI is InChI=1S/C17H28N2O/c1-2-12-20-17-7-5-16(6-8-17)14-19-11-3-4-15(13-19)9-10-18/h5-8,15H,2-4,9-14,18H2,1H3. The fourth-order valence-corrected chi connectivity index (χ4v) is 2.94. The van der Waals surface area contributed by atoms with Crippen LogP contribution in [-0.2, 0) is 6.54 Å². The highest BCUT2D eigenvalue weighted by molar-refractivity contribution is 5.27. The lowest BCUT2D eigenvalue weighted by Crippen LogP contribution is -2.35. The molecule has 2 N–H and O–H groups in total. The smallest absolute Gasteiger partial charge is 0.119 e. The zero-order valence-corrected chi connectivity index (χ0v) is 12.7. The summed E-state index contributed by atoms with van der Waals surface area (Å²) in [6.07, 6.45) is 4.87. The molecule has 1 aromatic carbocycles. The number of nitrogens with zero attached hydrogens (tertiary/aromatic N) is 1. The molecule has 1 aliphatic rings. The molecule has 0 saturated carbocycles. The first-order valence-corrected chi connectivity index (χ1v) is 7.96. The van der Waals surface area contributed by atoms with Gasteiger partial charge in [-0.2, -0.15) is 0 Å². The minimum atomic E-state index is 0.793. The number of hydrogen-bond donors (Lipinski definition) is 1. The van der Waals surface area contributed by atoms with Crippen LogP contribution in [0.4, 0.5) is 0 Å². The minimum Gasteiger partial charge on any atom is -0.494 e. The van der Waals surface area contributed by atoms with E-state index < -0.39 is 0 Å². The number of ether oxygens (including phenoxy) is 1. The van der Waals surface area contributed by atoms with Crippen molar-refractivity contribution in [1.82, 2.24) is 4.90 Å². The van der Waals surface area contributed by atoms with Gasteiger partial charge in [0.2, 0.25) is 0 Å². The van der Waals surface area contributed by atoms with Gasteiger partial charge in [-0.1, -0.05) is 19.1 Å². The third-order valence-corrected chi connectivity index (χ3v) is 3.98. The third kappa shape index (κ3) is 4.80. The van der Waals surface area contributed by atoms with E-state index in [0.29, 0.717) is 0 Å². The second kappa shape index (κ2) is 8.28. The van der Waals surface area contributed by atoms with E-state index in [-0.39, 0.29) is 0 Å². The van der Waals surface area contributed by atoms with Crippen molar-refractivity contribution in [1.29, 1.82) is 0 Å². The fraction of sp³-hybridized carbons (Fsp3) is 0.647. The molecule has 2 rings (SSSR count). The summed E-state index contributed by atoms with van der Waals surface area (Å²) in [4.78, 5) is 2.56. The Morgan fingerprint density at radius 1 is 1.30 bits per heavy atom. The van der Waals surface area contributed by atoms with Crippen molar-refractivity contribution in [3.63, 3.8) is 0 Å². The number of benzene rings is 1. The van der Waals surface area contributed by atoms with Gasteiger partial charge in [-0.25, -0.2) is 0 Å². The van der Waals surface area contributed by atoms with Crippen molar-refractivity contribution >= 4 is 0 Å². The predicted molar refractivity (Wildman–Crippen MR) is 83.9 cm³/mol. The Hall–Kier alpha value is -1.06. The molecule has 1 heterocycles. The zero-order valence-electron chi connectivity index (χ0n) is 12.7. The highest BCUT2D eigenvalue weighted by atomic mass is 16.5. The second-order valence-corrected chi connectivity index (χ2v) is 5.81. The molecule has 1 aromatic rings. The van der Waals surface area contributed by atoms with Crippen LogP contribution in [-0.4, -0.2) is 31.1 Å². The van der Waals surface area contributed by atoms with Crippen molar-refractivity contribution in [2.75, 3.05) is 26.2 Å². The summed E-state index contributed by atoms with van der Waals surface area (Å²) in [5.41, 5.74) is 7.06. The van der Waals surface area contributed by atoms with Crippen molar-refractivity contribution in [2.24, 2.45) is 11.7 Å². The van der Waals surface area contributed by atoms with E-state index in [1.54, 1.807) is 0 Å². The molecule has 112 valence electrons. The highest BCUT2D eigenvalue weighted by Crippen LogP contribution is 2.21. The molecule has 0 bridgehead atoms. The van der Waals surface area contributed by atoms with Crippen LogP contribution in [0.25, 0.3) is 0 Å². The summed E-state index contributed by atoms with van der Waals surface area (Å²) in [5.74, 6) is 1.77. The van der Waals surface area contributed by atoms with E-state index in [2.05, 4.69) is 36.1 Å². The molecule has 0 aromatic heterocycles. The Balaban J connectivity index is 1.83. The van der Waals surface area contributed by atoms with Crippen molar-refractivity contribution in [3.8, 4) is 5.75 Å². The van der Waals surface area contributed by atoms with E-state index in [0.717, 1.165) is 37.8 Å². The lowest BCUT2D eigenvalue weighted by Gasteiger charge is -2.32. The summed E-state index contributed by atoms with van der Waals surface area (Å²) < 4.78 is 5.62. The van der Waals surface area contributed by atoms with Crippen LogP contribution in [0.2, 0.25) is 0 Å². The van der Waals surface area contributed by atoms with Gasteiger partial charge in [0.25, 0.3) is 0 Å². The lowest BCUT2D eigenvalue weighted by molar-refractivity contribution is 0.163. The molecule has 20 heavy (non-hydrogen) atoms. The summed E-state index contributed by atoms with van der Waals surface area (Å²) in [6, 6.07) is 8.56. The van der Waals surface area contributed by atoms with E-state index in [1.165, 1.54) is 37.9 Å². The molecule has 0 aliphatic carbocycles. The Labute approximate surface area is 123 Å². The van der Waals surface area contributed by atoms with Crippen LogP contribution in [0.5, 0.6) is 5.75 Å². The van der Waals surface area contributed by atoms with Crippen molar-refractivity contribution in [2.45, 2.75) is 39.2 Å². The maximum atomic E-state index is 5.68. The highest BCUT2D eigenvalue weighted by Gasteiger charge is 2.19. The average Bonchev–Trinajstić information content (AvgIpc) is 2.47. The van der Waals surface area contributed by atoms with Crippen LogP contribution in [0.15, 0.2) is 24.3 Å². The number of rotatable bonds is 7. The van der Waals surface area contributed by atoms with Crippen LogP contribution < -0.4 is 10.5 Å². The van der Waals surface area contributed by atoms with Gasteiger partial charge in [-0.15, -0.1) is 0 Å². The second-order valence-electron chi connectivity index (χ2n) is 5.81. The van der Waals surface area contributed by atoms with E-state index >= 15 is 0 Å². The summed E-state index contributed by atoms with van der Waals surface area (Å²) in [5, 5.41) is 0. The Morgan fingerprint density at radius 2 is 2.10 bits per heavy atom. The van der Waals surface area contributed by atoms with E-state index in [4.69, 9.17) is 10.5 Å². The maximum absolute atomic E-state index is 5.68. The zero-order chi connectivity index (χ0) is 14.2. The van der Waals surface area contributed by atoms with E-state index in [1.807, 2.05) is 0 Å². The van der Waals surface area contributed by atoms with Gasteiger partial charge in [0.15, 0.2) is 0 Å². The molecule has 0 radical (unpaired) electrons. The first kappa shape index (κ1) is 15.3. The molecule has 1 saturated heterocycles. The van der Waals surface area contributed by atoms with Gasteiger partial charge >= 0.3 is 0 Å². The Bertz CT molecular complexity index is 375. The minimum absolute atomic E-state index is 0.793. The third-order valence-electron chi connectivity index (χ3n) is 3.98. The number of piperidine rings is 1. The van der Waals surface area contributed by atoms with Crippen LogP contribution in [0.3, 0.4) is 0 Å². The monoisotopic (exact) mass is 276 g/mol. The molecule has 1 aliphatic heterocycles. The van der Waals surface area contributed by atoms with Crippen LogP contribution in [0.1, 0.15) is 38.2 Å². The molecule has 1 unspecified atom stereocenters.